The molecule has 0 saturated carbocycles. The van der Waals surface area contributed by atoms with E-state index in [-0.39, 0.29) is 0 Å². The number of nitrogens with zero attached hydrogens (tertiary/aromatic N) is 1. The molecule has 0 fully saturated rings. The monoisotopic (exact) mass is 302 g/mol. The summed E-state index contributed by atoms with van der Waals surface area (Å²) in [6.45, 7) is 7.73. The zero-order valence-electron chi connectivity index (χ0n) is 13.4. The number of pyridine rings is 1. The third kappa shape index (κ3) is 4.92. The Hall–Kier alpha value is -1.22. The van der Waals surface area contributed by atoms with E-state index in [0.717, 1.165) is 36.0 Å². The Bertz CT molecular complexity index is 566. The maximum Gasteiger partial charge on any atom is 0.130 e. The van der Waals surface area contributed by atoms with Gasteiger partial charge in [-0.15, -0.1) is 0 Å². The van der Waals surface area contributed by atoms with Crippen molar-refractivity contribution >= 4 is 28.5 Å². The second-order valence-corrected chi connectivity index (χ2v) is 6.96. The molecule has 21 heavy (non-hydrogen) atoms. The quantitative estimate of drug-likeness (QED) is 0.667. The summed E-state index contributed by atoms with van der Waals surface area (Å²) in [5.41, 5.74) is 2.41. The molecule has 1 aromatic carbocycles. The molecule has 2 nitrogen and oxygen atoms in total. The molecular formula is C18H26N2S. The van der Waals surface area contributed by atoms with Crippen molar-refractivity contribution < 1.29 is 0 Å². The van der Waals surface area contributed by atoms with E-state index in [1.165, 1.54) is 23.1 Å². The molecule has 0 amide bonds. The minimum absolute atomic E-state index is 0.782. The van der Waals surface area contributed by atoms with Gasteiger partial charge in [0.05, 0.1) is 5.52 Å². The summed E-state index contributed by atoms with van der Waals surface area (Å²) in [5, 5.41) is 4.72. The van der Waals surface area contributed by atoms with Gasteiger partial charge in [-0.05, 0) is 36.6 Å². The number of thioether (sulfide) groups is 1. The first kappa shape index (κ1) is 16.2. The summed E-state index contributed by atoms with van der Waals surface area (Å²) >= 11 is 2.01. The highest BCUT2D eigenvalue weighted by molar-refractivity contribution is 7.98. The fraction of sp³-hybridized carbons (Fsp3) is 0.500. The van der Waals surface area contributed by atoms with E-state index >= 15 is 0 Å². The predicted octanol–water partition coefficient (Wildman–Crippen LogP) is 5.34. The van der Waals surface area contributed by atoms with Gasteiger partial charge >= 0.3 is 0 Å². The Morgan fingerprint density at radius 2 is 2.05 bits per heavy atom. The van der Waals surface area contributed by atoms with Crippen LogP contribution >= 0.6 is 11.8 Å². The first-order valence-electron chi connectivity index (χ1n) is 7.91. The third-order valence-corrected chi connectivity index (χ3v) is 4.48. The first-order chi connectivity index (χ1) is 10.2. The van der Waals surface area contributed by atoms with Gasteiger partial charge < -0.3 is 5.32 Å². The second-order valence-electron chi connectivity index (χ2n) is 5.85. The zero-order chi connectivity index (χ0) is 15.1. The van der Waals surface area contributed by atoms with E-state index in [9.17, 15) is 0 Å². The average Bonchev–Trinajstić information content (AvgIpc) is 2.49. The van der Waals surface area contributed by atoms with E-state index in [1.807, 2.05) is 11.8 Å². The van der Waals surface area contributed by atoms with Gasteiger partial charge in [0.25, 0.3) is 0 Å². The molecule has 0 aliphatic rings. The highest BCUT2D eigenvalue weighted by Crippen LogP contribution is 2.25. The van der Waals surface area contributed by atoms with Crippen molar-refractivity contribution in [2.45, 2.75) is 39.4 Å². The number of hydrogen-bond acceptors (Lipinski definition) is 3. The van der Waals surface area contributed by atoms with Crippen LogP contribution < -0.4 is 5.32 Å². The lowest BCUT2D eigenvalue weighted by atomic mass is 10.1. The van der Waals surface area contributed by atoms with Crippen LogP contribution in [0.2, 0.25) is 0 Å². The molecule has 0 saturated heterocycles. The molecular weight excluding hydrogens is 276 g/mol. The summed E-state index contributed by atoms with van der Waals surface area (Å²) in [5.74, 6) is 4.10. The van der Waals surface area contributed by atoms with Crippen LogP contribution in [0.3, 0.4) is 0 Å². The second kappa shape index (κ2) is 8.28. The van der Waals surface area contributed by atoms with Gasteiger partial charge in [-0.3, -0.25) is 0 Å². The number of anilines is 1. The SMILES string of the molecule is CCCNc1nc2ccccc2cc1CSCCC(C)C. The zero-order valence-corrected chi connectivity index (χ0v) is 14.2. The molecule has 0 atom stereocenters. The summed E-state index contributed by atoms with van der Waals surface area (Å²) < 4.78 is 0. The van der Waals surface area contributed by atoms with Gasteiger partial charge in [0, 0.05) is 23.2 Å². The molecule has 3 heteroatoms. The average molecular weight is 302 g/mol. The Morgan fingerprint density at radius 1 is 1.24 bits per heavy atom. The van der Waals surface area contributed by atoms with Gasteiger partial charge in [0.2, 0.25) is 0 Å². The maximum absolute atomic E-state index is 4.80. The van der Waals surface area contributed by atoms with Crippen molar-refractivity contribution in [3.05, 3.63) is 35.9 Å². The van der Waals surface area contributed by atoms with Crippen molar-refractivity contribution in [3.8, 4) is 0 Å². The van der Waals surface area contributed by atoms with Crippen LogP contribution in [-0.2, 0) is 5.75 Å². The molecule has 0 aliphatic heterocycles. The van der Waals surface area contributed by atoms with Crippen LogP contribution in [0.25, 0.3) is 10.9 Å². The van der Waals surface area contributed by atoms with E-state index in [1.54, 1.807) is 0 Å². The summed E-state index contributed by atoms with van der Waals surface area (Å²) in [6.07, 6.45) is 2.40. The minimum atomic E-state index is 0.782. The lowest BCUT2D eigenvalue weighted by Crippen LogP contribution is -2.05. The summed E-state index contributed by atoms with van der Waals surface area (Å²) in [7, 11) is 0. The van der Waals surface area contributed by atoms with Crippen molar-refractivity contribution in [3.63, 3.8) is 0 Å². The number of benzene rings is 1. The van der Waals surface area contributed by atoms with Crippen molar-refractivity contribution in [1.29, 1.82) is 0 Å². The van der Waals surface area contributed by atoms with E-state index in [0.29, 0.717) is 0 Å². The highest BCUT2D eigenvalue weighted by atomic mass is 32.2. The number of aromatic nitrogens is 1. The number of rotatable bonds is 8. The summed E-state index contributed by atoms with van der Waals surface area (Å²) in [6, 6.07) is 10.7. The molecule has 1 aromatic heterocycles. The van der Waals surface area contributed by atoms with Crippen LogP contribution in [0, 0.1) is 5.92 Å². The lowest BCUT2D eigenvalue weighted by molar-refractivity contribution is 0.632. The van der Waals surface area contributed by atoms with Crippen molar-refractivity contribution in [2.75, 3.05) is 17.6 Å². The van der Waals surface area contributed by atoms with Crippen LogP contribution in [0.5, 0.6) is 0 Å². The smallest absolute Gasteiger partial charge is 0.130 e. The third-order valence-electron chi connectivity index (χ3n) is 3.44. The fourth-order valence-corrected chi connectivity index (χ4v) is 3.39. The molecule has 0 spiro atoms. The van der Waals surface area contributed by atoms with Gasteiger partial charge in [-0.2, -0.15) is 11.8 Å². The van der Waals surface area contributed by atoms with Crippen molar-refractivity contribution in [2.24, 2.45) is 5.92 Å². The molecule has 0 aliphatic carbocycles. The molecule has 2 aromatic rings. The largest absolute Gasteiger partial charge is 0.370 e. The molecule has 2 rings (SSSR count). The minimum Gasteiger partial charge on any atom is -0.370 e. The Kier molecular flexibility index (Phi) is 6.37. The topological polar surface area (TPSA) is 24.9 Å². The van der Waals surface area contributed by atoms with Crippen molar-refractivity contribution in [1.82, 2.24) is 4.98 Å². The van der Waals surface area contributed by atoms with Crippen LogP contribution in [0.1, 0.15) is 39.2 Å². The Labute approximate surface area is 132 Å². The van der Waals surface area contributed by atoms with Gasteiger partial charge in [0.1, 0.15) is 5.82 Å². The van der Waals surface area contributed by atoms with Crippen LogP contribution in [0.4, 0.5) is 5.82 Å². The molecule has 1 heterocycles. The highest BCUT2D eigenvalue weighted by Gasteiger charge is 2.07. The Balaban J connectivity index is 2.13. The molecule has 1 N–H and O–H groups in total. The van der Waals surface area contributed by atoms with Crippen LogP contribution in [0.15, 0.2) is 30.3 Å². The molecule has 0 radical (unpaired) electrons. The fourth-order valence-electron chi connectivity index (χ4n) is 2.17. The van der Waals surface area contributed by atoms with E-state index in [4.69, 9.17) is 4.98 Å². The number of fused-ring (bicyclic) bond motifs is 1. The van der Waals surface area contributed by atoms with Gasteiger partial charge in [-0.25, -0.2) is 4.98 Å². The van der Waals surface area contributed by atoms with Gasteiger partial charge in [-0.1, -0.05) is 39.0 Å². The number of nitrogens with one attached hydrogen (secondary N) is 1. The molecule has 114 valence electrons. The predicted molar refractivity (Wildman–Crippen MR) is 96.1 cm³/mol. The van der Waals surface area contributed by atoms with E-state index < -0.39 is 0 Å². The number of para-hydroxylation sites is 1. The van der Waals surface area contributed by atoms with Crippen LogP contribution in [-0.4, -0.2) is 17.3 Å². The standard InChI is InChI=1S/C18H26N2S/c1-4-10-19-18-16(13-21-11-9-14(2)3)12-15-7-5-6-8-17(15)20-18/h5-8,12,14H,4,9-11,13H2,1-3H3,(H,19,20). The normalized spacial score (nSPS) is 11.2. The summed E-state index contributed by atoms with van der Waals surface area (Å²) in [4.78, 5) is 4.80. The maximum atomic E-state index is 4.80. The van der Waals surface area contributed by atoms with Gasteiger partial charge in [0.15, 0.2) is 0 Å². The molecule has 0 unspecified atom stereocenters. The first-order valence-corrected chi connectivity index (χ1v) is 9.06. The van der Waals surface area contributed by atoms with E-state index in [2.05, 4.69) is 56.4 Å². The number of hydrogen-bond donors (Lipinski definition) is 1. The lowest BCUT2D eigenvalue weighted by Gasteiger charge is -2.12. The Morgan fingerprint density at radius 3 is 2.81 bits per heavy atom. The molecule has 0 bridgehead atoms.